The maximum Gasteiger partial charge on any atom is 0.416 e. The molecular formula is C28H24F3N3O. The summed E-state index contributed by atoms with van der Waals surface area (Å²) in [5, 5.41) is 10.1. The van der Waals surface area contributed by atoms with Gasteiger partial charge in [-0.15, -0.1) is 0 Å². The number of furan rings is 1. The van der Waals surface area contributed by atoms with Gasteiger partial charge in [-0.05, 0) is 78.0 Å². The predicted molar refractivity (Wildman–Crippen MR) is 129 cm³/mol. The van der Waals surface area contributed by atoms with Gasteiger partial charge in [0, 0.05) is 30.1 Å². The number of nitriles is 1. The van der Waals surface area contributed by atoms with E-state index in [0.717, 1.165) is 65.7 Å². The first-order chi connectivity index (χ1) is 16.8. The summed E-state index contributed by atoms with van der Waals surface area (Å²) in [6.07, 6.45) is -0.553. The summed E-state index contributed by atoms with van der Waals surface area (Å²) in [4.78, 5) is 2.32. The Morgan fingerprint density at radius 1 is 1.00 bits per heavy atom. The molecule has 1 saturated heterocycles. The third-order valence-corrected chi connectivity index (χ3v) is 6.58. The Balaban J connectivity index is 1.60. The lowest BCUT2D eigenvalue weighted by Gasteiger charge is -2.30. The van der Waals surface area contributed by atoms with Gasteiger partial charge in [0.15, 0.2) is 0 Å². The highest BCUT2D eigenvalue weighted by Crippen LogP contribution is 2.39. The highest BCUT2D eigenvalue weighted by atomic mass is 19.4. The average molecular weight is 476 g/mol. The first-order valence-corrected chi connectivity index (χ1v) is 11.5. The second-order valence-electron chi connectivity index (χ2n) is 9.06. The minimum Gasteiger partial charge on any atom is -0.464 e. The number of fused-ring (bicyclic) bond motifs is 1. The number of halogens is 3. The van der Waals surface area contributed by atoms with Gasteiger partial charge in [-0.1, -0.05) is 24.3 Å². The summed E-state index contributed by atoms with van der Waals surface area (Å²) in [6.45, 7) is 2.53. The number of alkyl halides is 3. The molecule has 4 aromatic rings. The van der Waals surface area contributed by atoms with Crippen molar-refractivity contribution in [2.24, 2.45) is 5.73 Å². The smallest absolute Gasteiger partial charge is 0.416 e. The van der Waals surface area contributed by atoms with Crippen molar-refractivity contribution in [2.45, 2.75) is 31.6 Å². The fourth-order valence-electron chi connectivity index (χ4n) is 4.77. The highest BCUT2D eigenvalue weighted by molar-refractivity contribution is 5.95. The van der Waals surface area contributed by atoms with Crippen LogP contribution in [0.2, 0.25) is 0 Å². The predicted octanol–water partition coefficient (Wildman–Crippen LogP) is 6.58. The normalized spacial score (nSPS) is 16.9. The molecule has 0 aliphatic carbocycles. The molecule has 1 aromatic heterocycles. The molecule has 1 atom stereocenters. The van der Waals surface area contributed by atoms with E-state index in [0.29, 0.717) is 23.3 Å². The number of piperidine rings is 1. The Bertz CT molecular complexity index is 1380. The molecule has 35 heavy (non-hydrogen) atoms. The fourth-order valence-corrected chi connectivity index (χ4v) is 4.77. The number of rotatable bonds is 4. The number of nitrogens with zero attached hydrogens (tertiary/aromatic N) is 2. The zero-order valence-corrected chi connectivity index (χ0v) is 19.0. The summed E-state index contributed by atoms with van der Waals surface area (Å²) < 4.78 is 45.2. The average Bonchev–Trinajstić information content (AvgIpc) is 3.24. The second-order valence-corrected chi connectivity index (χ2v) is 9.06. The van der Waals surface area contributed by atoms with Crippen molar-refractivity contribution in [1.29, 1.82) is 5.26 Å². The van der Waals surface area contributed by atoms with Crippen molar-refractivity contribution in [3.05, 3.63) is 83.6 Å². The lowest BCUT2D eigenvalue weighted by Crippen LogP contribution is -2.42. The van der Waals surface area contributed by atoms with Gasteiger partial charge in [-0.25, -0.2) is 0 Å². The zero-order chi connectivity index (χ0) is 24.6. The topological polar surface area (TPSA) is 66.2 Å². The molecule has 0 radical (unpaired) electrons. The quantitative estimate of drug-likeness (QED) is 0.362. The van der Waals surface area contributed by atoms with Gasteiger partial charge in [0.1, 0.15) is 5.58 Å². The van der Waals surface area contributed by atoms with E-state index in [1.54, 1.807) is 18.4 Å². The monoisotopic (exact) mass is 475 g/mol. The van der Waals surface area contributed by atoms with Gasteiger partial charge < -0.3 is 10.2 Å². The number of likely N-dealkylation sites (tertiary alicyclic amines) is 1. The van der Waals surface area contributed by atoms with E-state index < -0.39 is 11.7 Å². The summed E-state index contributed by atoms with van der Waals surface area (Å²) in [5.41, 5.74) is 10.9. The summed E-state index contributed by atoms with van der Waals surface area (Å²) in [5.74, 6) is 0. The molecule has 1 aliphatic heterocycles. The summed E-state index contributed by atoms with van der Waals surface area (Å²) in [7, 11) is 0. The molecule has 0 saturated carbocycles. The molecular weight excluding hydrogens is 451 g/mol. The lowest BCUT2D eigenvalue weighted by atomic mass is 9.91. The van der Waals surface area contributed by atoms with Gasteiger partial charge in [-0.3, -0.25) is 4.90 Å². The van der Waals surface area contributed by atoms with E-state index in [-0.39, 0.29) is 6.04 Å². The minimum absolute atomic E-state index is 0.169. The van der Waals surface area contributed by atoms with Crippen LogP contribution in [0.4, 0.5) is 13.2 Å². The van der Waals surface area contributed by atoms with Crippen LogP contribution in [0.25, 0.3) is 33.2 Å². The Hall–Kier alpha value is -3.60. The van der Waals surface area contributed by atoms with Crippen molar-refractivity contribution in [2.75, 3.05) is 13.1 Å². The van der Waals surface area contributed by atoms with Gasteiger partial charge in [0.25, 0.3) is 0 Å². The Morgan fingerprint density at radius 3 is 2.29 bits per heavy atom. The van der Waals surface area contributed by atoms with E-state index in [1.165, 1.54) is 12.1 Å². The molecule has 0 amide bonds. The Morgan fingerprint density at radius 2 is 1.66 bits per heavy atom. The van der Waals surface area contributed by atoms with Crippen LogP contribution in [0.3, 0.4) is 0 Å². The molecule has 0 spiro atoms. The zero-order valence-electron chi connectivity index (χ0n) is 19.0. The van der Waals surface area contributed by atoms with E-state index in [9.17, 15) is 18.4 Å². The molecule has 2 N–H and O–H groups in total. The van der Waals surface area contributed by atoms with Gasteiger partial charge in [0.2, 0.25) is 0 Å². The fraction of sp³-hybridized carbons (Fsp3) is 0.250. The van der Waals surface area contributed by atoms with Gasteiger partial charge >= 0.3 is 6.18 Å². The molecule has 0 bridgehead atoms. The third kappa shape index (κ3) is 4.81. The molecule has 4 nitrogen and oxygen atoms in total. The number of hydrogen-bond acceptors (Lipinski definition) is 4. The SMILES string of the molecule is N#Cc1ccc(-c2cc3c(CN4CCC[C@@H](N)C4)coc3cc2-c2ccc(C(F)(F)F)cc2)cc1. The van der Waals surface area contributed by atoms with Gasteiger partial charge in [0.05, 0.1) is 23.5 Å². The first-order valence-electron chi connectivity index (χ1n) is 11.5. The maximum atomic E-state index is 13.1. The van der Waals surface area contributed by atoms with Crippen LogP contribution in [0.15, 0.2) is 71.3 Å². The molecule has 7 heteroatoms. The number of hydrogen-bond donors (Lipinski definition) is 1. The van der Waals surface area contributed by atoms with E-state index in [4.69, 9.17) is 10.2 Å². The van der Waals surface area contributed by atoms with Crippen molar-refractivity contribution < 1.29 is 17.6 Å². The summed E-state index contributed by atoms with van der Waals surface area (Å²) >= 11 is 0. The molecule has 0 unspecified atom stereocenters. The van der Waals surface area contributed by atoms with Crippen LogP contribution in [0.5, 0.6) is 0 Å². The molecule has 5 rings (SSSR count). The van der Waals surface area contributed by atoms with Crippen LogP contribution >= 0.6 is 0 Å². The molecule has 1 aliphatic rings. The van der Waals surface area contributed by atoms with Crippen LogP contribution in [0, 0.1) is 11.3 Å². The Kier molecular flexibility index (Phi) is 6.10. The molecule has 178 valence electrons. The standard InChI is InChI=1S/C28H24F3N3O/c29-28(30,31)22-9-7-20(8-10-22)25-13-27-26(12-24(25)19-5-3-18(14-32)4-6-19)21(17-35-27)15-34-11-1-2-23(33)16-34/h3-10,12-13,17,23H,1-2,11,15-16,33H2/t23-/m1/s1. The van der Waals surface area contributed by atoms with Crippen molar-refractivity contribution >= 4 is 11.0 Å². The van der Waals surface area contributed by atoms with Gasteiger partial charge in [-0.2, -0.15) is 18.4 Å². The molecule has 1 fully saturated rings. The van der Waals surface area contributed by atoms with Crippen LogP contribution < -0.4 is 5.73 Å². The second kappa shape index (κ2) is 9.21. The first kappa shape index (κ1) is 23.2. The largest absolute Gasteiger partial charge is 0.464 e. The van der Waals surface area contributed by atoms with Crippen LogP contribution in [-0.2, 0) is 12.7 Å². The highest BCUT2D eigenvalue weighted by Gasteiger charge is 2.30. The summed E-state index contributed by atoms with van der Waals surface area (Å²) in [6, 6.07) is 18.5. The van der Waals surface area contributed by atoms with Crippen molar-refractivity contribution in [3.8, 4) is 28.3 Å². The van der Waals surface area contributed by atoms with E-state index in [1.807, 2.05) is 24.3 Å². The van der Waals surface area contributed by atoms with Crippen LogP contribution in [-0.4, -0.2) is 24.0 Å². The minimum atomic E-state index is -4.40. The Labute approximate surface area is 201 Å². The third-order valence-electron chi connectivity index (χ3n) is 6.58. The lowest BCUT2D eigenvalue weighted by molar-refractivity contribution is -0.137. The van der Waals surface area contributed by atoms with Crippen molar-refractivity contribution in [3.63, 3.8) is 0 Å². The maximum absolute atomic E-state index is 13.1. The van der Waals surface area contributed by atoms with Crippen LogP contribution in [0.1, 0.15) is 29.5 Å². The van der Waals surface area contributed by atoms with E-state index >= 15 is 0 Å². The van der Waals surface area contributed by atoms with E-state index in [2.05, 4.69) is 11.0 Å². The number of benzene rings is 3. The van der Waals surface area contributed by atoms with Crippen molar-refractivity contribution in [1.82, 2.24) is 4.90 Å². The molecule has 3 aromatic carbocycles. The number of nitrogens with two attached hydrogens (primary N) is 1. The molecule has 2 heterocycles.